The zero-order valence-corrected chi connectivity index (χ0v) is 12.6. The Balaban J connectivity index is 1.86. The number of nitrogens with one attached hydrogen (secondary N) is 2. The standard InChI is InChI=1S/C15H27N3O/c1-10(9-14-7-5-6-8-16-14)17-11(2)15-12(3)18-19-13(15)4/h10-11,14,16-17H,5-9H2,1-4H3. The van der Waals surface area contributed by atoms with E-state index in [1.54, 1.807) is 0 Å². The van der Waals surface area contributed by atoms with Crippen LogP contribution < -0.4 is 10.6 Å². The van der Waals surface area contributed by atoms with Gasteiger partial charge >= 0.3 is 0 Å². The summed E-state index contributed by atoms with van der Waals surface area (Å²) in [6.07, 6.45) is 5.19. The van der Waals surface area contributed by atoms with E-state index in [0.717, 1.165) is 11.5 Å². The molecule has 1 aromatic rings. The van der Waals surface area contributed by atoms with Crippen molar-refractivity contribution in [2.45, 2.75) is 71.5 Å². The molecule has 1 aliphatic rings. The minimum atomic E-state index is 0.296. The second-order valence-corrected chi connectivity index (χ2v) is 5.91. The molecule has 0 amide bonds. The highest BCUT2D eigenvalue weighted by atomic mass is 16.5. The fourth-order valence-corrected chi connectivity index (χ4v) is 3.24. The average molecular weight is 265 g/mol. The van der Waals surface area contributed by atoms with Crippen LogP contribution in [-0.4, -0.2) is 23.8 Å². The van der Waals surface area contributed by atoms with Crippen molar-refractivity contribution in [2.75, 3.05) is 6.54 Å². The summed E-state index contributed by atoms with van der Waals surface area (Å²) >= 11 is 0. The summed E-state index contributed by atoms with van der Waals surface area (Å²) in [6.45, 7) is 9.64. The molecule has 19 heavy (non-hydrogen) atoms. The molecule has 2 heterocycles. The summed E-state index contributed by atoms with van der Waals surface area (Å²) in [5.41, 5.74) is 2.21. The quantitative estimate of drug-likeness (QED) is 0.859. The van der Waals surface area contributed by atoms with Crippen LogP contribution in [0.5, 0.6) is 0 Å². The Bertz CT molecular complexity index is 377. The number of hydrogen-bond acceptors (Lipinski definition) is 4. The van der Waals surface area contributed by atoms with Gasteiger partial charge in [0.15, 0.2) is 0 Å². The van der Waals surface area contributed by atoms with Gasteiger partial charge in [0, 0.05) is 23.7 Å². The predicted octanol–water partition coefficient (Wildman–Crippen LogP) is 2.86. The van der Waals surface area contributed by atoms with Crippen molar-refractivity contribution >= 4 is 0 Å². The summed E-state index contributed by atoms with van der Waals surface area (Å²) < 4.78 is 5.25. The second kappa shape index (κ2) is 6.53. The van der Waals surface area contributed by atoms with Crippen molar-refractivity contribution in [3.8, 4) is 0 Å². The fraction of sp³-hybridized carbons (Fsp3) is 0.800. The minimum absolute atomic E-state index is 0.296. The molecule has 0 spiro atoms. The van der Waals surface area contributed by atoms with Gasteiger partial charge in [-0.1, -0.05) is 11.6 Å². The number of rotatable bonds is 5. The van der Waals surface area contributed by atoms with Gasteiger partial charge in [0.2, 0.25) is 0 Å². The third kappa shape index (κ3) is 3.80. The molecule has 4 heteroatoms. The van der Waals surface area contributed by atoms with E-state index in [1.165, 1.54) is 37.8 Å². The zero-order valence-electron chi connectivity index (χ0n) is 12.6. The fourth-order valence-electron chi connectivity index (χ4n) is 3.24. The lowest BCUT2D eigenvalue weighted by Crippen LogP contribution is -2.40. The maximum Gasteiger partial charge on any atom is 0.138 e. The summed E-state index contributed by atoms with van der Waals surface area (Å²) in [5.74, 6) is 0.931. The first-order chi connectivity index (χ1) is 9.08. The molecule has 1 fully saturated rings. The van der Waals surface area contributed by atoms with Crippen LogP contribution in [0.3, 0.4) is 0 Å². The number of piperidine rings is 1. The highest BCUT2D eigenvalue weighted by Gasteiger charge is 2.20. The Morgan fingerprint density at radius 3 is 2.74 bits per heavy atom. The summed E-state index contributed by atoms with van der Waals surface area (Å²) in [6, 6.07) is 1.47. The van der Waals surface area contributed by atoms with Crippen LogP contribution in [0.1, 0.15) is 62.6 Å². The highest BCUT2D eigenvalue weighted by molar-refractivity contribution is 5.24. The van der Waals surface area contributed by atoms with E-state index in [0.29, 0.717) is 18.1 Å². The van der Waals surface area contributed by atoms with E-state index in [2.05, 4.69) is 29.6 Å². The SMILES string of the molecule is Cc1noc(C)c1C(C)NC(C)CC1CCCCN1. The molecule has 1 aromatic heterocycles. The number of aromatic nitrogens is 1. The van der Waals surface area contributed by atoms with Crippen LogP contribution in [0, 0.1) is 13.8 Å². The zero-order chi connectivity index (χ0) is 13.8. The van der Waals surface area contributed by atoms with E-state index in [9.17, 15) is 0 Å². The number of nitrogens with zero attached hydrogens (tertiary/aromatic N) is 1. The van der Waals surface area contributed by atoms with Crippen LogP contribution in [0.25, 0.3) is 0 Å². The van der Waals surface area contributed by atoms with E-state index in [1.807, 2.05) is 13.8 Å². The molecule has 0 saturated carbocycles. The van der Waals surface area contributed by atoms with Crippen molar-refractivity contribution in [1.29, 1.82) is 0 Å². The van der Waals surface area contributed by atoms with Gasteiger partial charge in [-0.25, -0.2) is 0 Å². The molecule has 1 aliphatic heterocycles. The van der Waals surface area contributed by atoms with Crippen molar-refractivity contribution in [3.05, 3.63) is 17.0 Å². The first kappa shape index (κ1) is 14.5. The van der Waals surface area contributed by atoms with Crippen LogP contribution >= 0.6 is 0 Å². The van der Waals surface area contributed by atoms with Gasteiger partial charge in [0.25, 0.3) is 0 Å². The minimum Gasteiger partial charge on any atom is -0.361 e. The maximum absolute atomic E-state index is 5.25. The second-order valence-electron chi connectivity index (χ2n) is 5.91. The Labute approximate surface area is 116 Å². The Morgan fingerprint density at radius 1 is 1.37 bits per heavy atom. The Hall–Kier alpha value is -0.870. The smallest absolute Gasteiger partial charge is 0.138 e. The number of aryl methyl sites for hydroxylation is 2. The van der Waals surface area contributed by atoms with Gasteiger partial charge in [-0.2, -0.15) is 0 Å². The molecule has 2 rings (SSSR count). The maximum atomic E-state index is 5.25. The molecule has 3 unspecified atom stereocenters. The first-order valence-corrected chi connectivity index (χ1v) is 7.50. The van der Waals surface area contributed by atoms with Gasteiger partial charge in [-0.05, 0) is 53.5 Å². The molecular weight excluding hydrogens is 238 g/mol. The third-order valence-corrected chi connectivity index (χ3v) is 4.11. The van der Waals surface area contributed by atoms with Gasteiger partial charge in [-0.15, -0.1) is 0 Å². The van der Waals surface area contributed by atoms with Crippen molar-refractivity contribution in [3.63, 3.8) is 0 Å². The van der Waals surface area contributed by atoms with E-state index < -0.39 is 0 Å². The molecular formula is C15H27N3O. The normalized spacial score (nSPS) is 23.3. The largest absolute Gasteiger partial charge is 0.361 e. The first-order valence-electron chi connectivity index (χ1n) is 7.50. The lowest BCUT2D eigenvalue weighted by molar-refractivity contribution is 0.332. The van der Waals surface area contributed by atoms with Crippen molar-refractivity contribution in [2.24, 2.45) is 0 Å². The monoisotopic (exact) mass is 265 g/mol. The molecule has 0 aromatic carbocycles. The molecule has 0 aliphatic carbocycles. The topological polar surface area (TPSA) is 50.1 Å². The van der Waals surface area contributed by atoms with Crippen LogP contribution in [-0.2, 0) is 0 Å². The lowest BCUT2D eigenvalue weighted by Gasteiger charge is -2.28. The molecule has 0 bridgehead atoms. The molecule has 3 atom stereocenters. The van der Waals surface area contributed by atoms with Crippen molar-refractivity contribution in [1.82, 2.24) is 15.8 Å². The third-order valence-electron chi connectivity index (χ3n) is 4.11. The predicted molar refractivity (Wildman–Crippen MR) is 77.2 cm³/mol. The average Bonchev–Trinajstić information content (AvgIpc) is 2.70. The van der Waals surface area contributed by atoms with E-state index >= 15 is 0 Å². The van der Waals surface area contributed by atoms with Crippen LogP contribution in [0.15, 0.2) is 4.52 Å². The van der Waals surface area contributed by atoms with Gasteiger partial charge in [0.05, 0.1) is 5.69 Å². The Kier molecular flexibility index (Phi) is 4.99. The molecule has 108 valence electrons. The molecule has 1 saturated heterocycles. The highest BCUT2D eigenvalue weighted by Crippen LogP contribution is 2.22. The van der Waals surface area contributed by atoms with Gasteiger partial charge < -0.3 is 15.2 Å². The lowest BCUT2D eigenvalue weighted by atomic mass is 9.97. The number of hydrogen-bond donors (Lipinski definition) is 2. The Morgan fingerprint density at radius 2 is 2.16 bits per heavy atom. The van der Waals surface area contributed by atoms with Gasteiger partial charge in [-0.3, -0.25) is 0 Å². The summed E-state index contributed by atoms with van der Waals surface area (Å²) in [7, 11) is 0. The van der Waals surface area contributed by atoms with E-state index in [-0.39, 0.29) is 0 Å². The molecule has 0 radical (unpaired) electrons. The molecule has 4 nitrogen and oxygen atoms in total. The van der Waals surface area contributed by atoms with Crippen LogP contribution in [0.2, 0.25) is 0 Å². The summed E-state index contributed by atoms with van der Waals surface area (Å²) in [5, 5.41) is 11.3. The van der Waals surface area contributed by atoms with Crippen molar-refractivity contribution < 1.29 is 4.52 Å². The van der Waals surface area contributed by atoms with Gasteiger partial charge in [0.1, 0.15) is 5.76 Å². The molecule has 2 N–H and O–H groups in total. The van der Waals surface area contributed by atoms with E-state index in [4.69, 9.17) is 4.52 Å². The van der Waals surface area contributed by atoms with Crippen LogP contribution in [0.4, 0.5) is 0 Å². The summed E-state index contributed by atoms with van der Waals surface area (Å²) in [4.78, 5) is 0.